The number of hydrogen-bond acceptors (Lipinski definition) is 12. The molecule has 10 amide bonds. The number of carbonyl (C=O) groups excluding carboxylic acids is 10. The average molecular weight is 996 g/mol. The summed E-state index contributed by atoms with van der Waals surface area (Å²) in [5.41, 5.74) is 12.7. The van der Waals surface area contributed by atoms with Gasteiger partial charge in [-0.05, 0) is 61.7 Å². The highest BCUT2D eigenvalue weighted by Gasteiger charge is 2.34. The lowest BCUT2D eigenvalue weighted by Gasteiger charge is -2.29. The van der Waals surface area contributed by atoms with E-state index in [0.29, 0.717) is 17.0 Å². The van der Waals surface area contributed by atoms with Crippen molar-refractivity contribution in [2.75, 3.05) is 25.6 Å². The molecule has 7 atom stereocenters. The molecular weight excluding hydrogens is 927 g/mol. The van der Waals surface area contributed by atoms with Gasteiger partial charge in [-0.2, -0.15) is 11.8 Å². The molecule has 3 aromatic rings. The number of aromatic nitrogens is 3. The van der Waals surface area contributed by atoms with Crippen LogP contribution in [0, 0.1) is 11.8 Å². The zero-order chi connectivity index (χ0) is 52.2. The van der Waals surface area contributed by atoms with E-state index in [-0.39, 0.29) is 44.4 Å². The summed E-state index contributed by atoms with van der Waals surface area (Å²) in [6.07, 6.45) is 6.37. The second-order valence-electron chi connectivity index (χ2n) is 17.9. The van der Waals surface area contributed by atoms with Gasteiger partial charge in [0.05, 0.1) is 12.9 Å². The number of fused-ring (bicyclic) bond motifs is 1. The summed E-state index contributed by atoms with van der Waals surface area (Å²) >= 11 is 1.47. The highest BCUT2D eigenvalue weighted by molar-refractivity contribution is 7.98. The first-order chi connectivity index (χ1) is 33.0. The Morgan fingerprint density at radius 3 is 1.93 bits per heavy atom. The Balaban J connectivity index is 1.75. The number of benzene rings is 1. The number of rotatable bonds is 29. The van der Waals surface area contributed by atoms with Crippen LogP contribution in [-0.2, 0) is 60.8 Å². The largest absolute Gasteiger partial charge is 0.370 e. The van der Waals surface area contributed by atoms with Crippen molar-refractivity contribution in [3.8, 4) is 0 Å². The monoisotopic (exact) mass is 996 g/mol. The van der Waals surface area contributed by atoms with Gasteiger partial charge in [0.1, 0.15) is 42.3 Å². The van der Waals surface area contributed by atoms with Crippen molar-refractivity contribution in [1.29, 1.82) is 0 Å². The van der Waals surface area contributed by atoms with E-state index < -0.39 is 114 Å². The molecule has 384 valence electrons. The quantitative estimate of drug-likeness (QED) is 0.0390. The lowest BCUT2D eigenvalue weighted by atomic mass is 10.0. The van der Waals surface area contributed by atoms with E-state index in [0.717, 1.165) is 15.8 Å². The van der Waals surface area contributed by atoms with Crippen LogP contribution in [0.25, 0.3) is 10.9 Å². The fourth-order valence-corrected chi connectivity index (χ4v) is 7.81. The van der Waals surface area contributed by atoms with Gasteiger partial charge in [-0.15, -0.1) is 0 Å². The fraction of sp³-hybridized carbons (Fsp3) is 0.543. The predicted molar refractivity (Wildman–Crippen MR) is 262 cm³/mol. The van der Waals surface area contributed by atoms with Gasteiger partial charge in [0.2, 0.25) is 59.1 Å². The van der Waals surface area contributed by atoms with Crippen molar-refractivity contribution in [3.05, 3.63) is 54.2 Å². The summed E-state index contributed by atoms with van der Waals surface area (Å²) in [5.74, 6) is -7.10. The van der Waals surface area contributed by atoms with Crippen LogP contribution < -0.4 is 48.7 Å². The molecule has 0 fully saturated rings. The second kappa shape index (κ2) is 27.9. The van der Waals surface area contributed by atoms with Crippen LogP contribution in [-0.4, -0.2) is 147 Å². The molecule has 23 nitrogen and oxygen atoms in total. The molecule has 0 saturated carbocycles. The Bertz CT molecular complexity index is 2300. The number of para-hydroxylation sites is 1. The Kier molecular flexibility index (Phi) is 22.8. The van der Waals surface area contributed by atoms with Gasteiger partial charge in [0.15, 0.2) is 0 Å². The molecule has 2 heterocycles. The smallest absolute Gasteiger partial charge is 0.245 e. The normalized spacial score (nSPS) is 14.2. The molecule has 13 N–H and O–H groups in total. The summed E-state index contributed by atoms with van der Waals surface area (Å²) in [6, 6.07) is -1.00. The van der Waals surface area contributed by atoms with E-state index in [1.165, 1.54) is 45.2 Å². The van der Waals surface area contributed by atoms with E-state index >= 15 is 0 Å². The number of amides is 10. The number of carbonyl (C=O) groups is 10. The van der Waals surface area contributed by atoms with Crippen LogP contribution in [0.1, 0.15) is 78.5 Å². The highest BCUT2D eigenvalue weighted by Crippen LogP contribution is 2.20. The minimum Gasteiger partial charge on any atom is -0.370 e. The number of imidazole rings is 1. The van der Waals surface area contributed by atoms with Gasteiger partial charge in [0.25, 0.3) is 0 Å². The Morgan fingerprint density at radius 2 is 1.33 bits per heavy atom. The number of hydrogen-bond donors (Lipinski definition) is 11. The molecule has 70 heavy (non-hydrogen) atoms. The summed E-state index contributed by atoms with van der Waals surface area (Å²) in [5, 5.41) is 19.1. The second-order valence-corrected chi connectivity index (χ2v) is 18.9. The molecule has 0 unspecified atom stereocenters. The molecule has 2 aromatic heterocycles. The summed E-state index contributed by atoms with van der Waals surface area (Å²) in [4.78, 5) is 143. The standard InChI is InChI=1S/C46H69N13O10S/c1-24(2)17-34(44(67)55-32(40(48)63)15-16-70-8)56-45(68)36(19-29-21-49-23-51-29)54-38(62)22-59(7)46(69)39(25(3)4)58-41(64)26(5)52-43(66)35(18-28-20-50-31-12-10-9-11-30(28)31)57-42(65)33(53-27(6)60)13-14-37(47)61/h9-12,20-21,23-26,32-36,39,50H,13-19,22H2,1-8H3,(H2,47,61)(H2,48,63)(H,49,51)(H,52,66)(H,53,60)(H,54,62)(H,55,67)(H,56,68)(H,57,65)(H,58,64)/t26-,32-,33-,34-,35-,36-,39-/m0/s1. The van der Waals surface area contributed by atoms with Crippen molar-refractivity contribution in [2.45, 2.75) is 122 Å². The van der Waals surface area contributed by atoms with Crippen LogP contribution in [0.3, 0.4) is 0 Å². The van der Waals surface area contributed by atoms with E-state index in [1.807, 2.05) is 38.3 Å². The van der Waals surface area contributed by atoms with E-state index in [9.17, 15) is 47.9 Å². The maximum Gasteiger partial charge on any atom is 0.245 e. The lowest BCUT2D eigenvalue weighted by Crippen LogP contribution is -2.59. The number of aromatic amines is 2. The minimum atomic E-state index is -1.29. The van der Waals surface area contributed by atoms with Crippen molar-refractivity contribution >= 4 is 81.7 Å². The first kappa shape index (κ1) is 57.3. The summed E-state index contributed by atoms with van der Waals surface area (Å²) in [6.45, 7) is 9.04. The van der Waals surface area contributed by atoms with Gasteiger partial charge < -0.3 is 63.6 Å². The van der Waals surface area contributed by atoms with Crippen LogP contribution in [0.5, 0.6) is 0 Å². The van der Waals surface area contributed by atoms with Crippen molar-refractivity contribution < 1.29 is 47.9 Å². The van der Waals surface area contributed by atoms with Crippen molar-refractivity contribution in [2.24, 2.45) is 23.3 Å². The first-order valence-corrected chi connectivity index (χ1v) is 24.3. The van der Waals surface area contributed by atoms with Gasteiger partial charge in [-0.1, -0.05) is 45.9 Å². The topological polar surface area (TPSA) is 355 Å². The van der Waals surface area contributed by atoms with E-state index in [2.05, 4.69) is 52.2 Å². The lowest BCUT2D eigenvalue weighted by molar-refractivity contribution is -0.140. The molecule has 3 rings (SSSR count). The Labute approximate surface area is 411 Å². The van der Waals surface area contributed by atoms with Crippen LogP contribution in [0.2, 0.25) is 0 Å². The number of nitrogens with one attached hydrogen (secondary N) is 9. The predicted octanol–water partition coefficient (Wildman–Crippen LogP) is -1.23. The maximum absolute atomic E-state index is 14.0. The fourth-order valence-electron chi connectivity index (χ4n) is 7.34. The van der Waals surface area contributed by atoms with Crippen molar-refractivity contribution in [1.82, 2.24) is 57.1 Å². The third-order valence-corrected chi connectivity index (χ3v) is 11.7. The average Bonchev–Trinajstić information content (AvgIpc) is 3.96. The highest BCUT2D eigenvalue weighted by atomic mass is 32.2. The van der Waals surface area contributed by atoms with Gasteiger partial charge >= 0.3 is 0 Å². The van der Waals surface area contributed by atoms with Gasteiger partial charge in [-0.3, -0.25) is 47.9 Å². The number of nitrogens with two attached hydrogens (primary N) is 2. The molecular formula is C46H69N13O10S. The molecule has 0 aliphatic rings. The number of H-pyrrole nitrogens is 2. The number of thioether (sulfide) groups is 1. The van der Waals surface area contributed by atoms with Gasteiger partial charge in [0, 0.05) is 62.2 Å². The first-order valence-electron chi connectivity index (χ1n) is 22.9. The zero-order valence-corrected chi connectivity index (χ0v) is 41.8. The number of primary amides is 2. The molecule has 24 heteroatoms. The number of nitrogens with zero attached hydrogens (tertiary/aromatic N) is 2. The summed E-state index contributed by atoms with van der Waals surface area (Å²) < 4.78 is 0. The Hall–Kier alpha value is -6.98. The van der Waals surface area contributed by atoms with Crippen molar-refractivity contribution in [3.63, 3.8) is 0 Å². The van der Waals surface area contributed by atoms with Crippen LogP contribution in [0.4, 0.5) is 0 Å². The maximum atomic E-state index is 14.0. The molecule has 0 bridgehead atoms. The SMILES string of the molecule is CSCC[C@H](NC(=O)[C@H](CC(C)C)NC(=O)[C@H](Cc1cnc[nH]1)NC(=O)CN(C)C(=O)[C@@H](NC(=O)[C@H](C)NC(=O)[C@H](Cc1c[nH]c2ccccc12)NC(=O)[C@H](CCC(N)=O)NC(C)=O)C(C)C)C(N)=O. The molecule has 0 aliphatic carbocycles. The van der Waals surface area contributed by atoms with Crippen LogP contribution >= 0.6 is 11.8 Å². The van der Waals surface area contributed by atoms with E-state index in [1.54, 1.807) is 26.1 Å². The number of likely N-dealkylation sites (N-methyl/N-ethyl adjacent to an activating group) is 1. The molecule has 0 radical (unpaired) electrons. The van der Waals surface area contributed by atoms with Gasteiger partial charge in [-0.25, -0.2) is 4.98 Å². The minimum absolute atomic E-state index is 0.0490. The zero-order valence-electron chi connectivity index (χ0n) is 40.9. The summed E-state index contributed by atoms with van der Waals surface area (Å²) in [7, 11) is 1.34. The van der Waals surface area contributed by atoms with Crippen LogP contribution in [0.15, 0.2) is 43.0 Å². The third kappa shape index (κ3) is 18.5. The molecule has 0 saturated heterocycles. The molecule has 1 aromatic carbocycles. The Morgan fingerprint density at radius 1 is 0.714 bits per heavy atom. The molecule has 0 aliphatic heterocycles. The molecule has 0 spiro atoms. The third-order valence-electron chi connectivity index (χ3n) is 11.1. The van der Waals surface area contributed by atoms with E-state index in [4.69, 9.17) is 11.5 Å².